The summed E-state index contributed by atoms with van der Waals surface area (Å²) in [5.74, 6) is -2.04. The molecule has 3 atom stereocenters. The van der Waals surface area contributed by atoms with Crippen LogP contribution in [0.5, 0.6) is 0 Å². The predicted molar refractivity (Wildman–Crippen MR) is 142 cm³/mol. The molecule has 37 heavy (non-hydrogen) atoms. The van der Waals surface area contributed by atoms with E-state index >= 15 is 0 Å². The first kappa shape index (κ1) is 26.1. The van der Waals surface area contributed by atoms with Crippen LogP contribution in [0.4, 0.5) is 0 Å². The molecule has 1 aliphatic rings. The Bertz CT molecular complexity index is 1130. The molecule has 0 saturated carbocycles. The minimum Gasteiger partial charge on any atom is -0.480 e. The molecule has 2 amide bonds. The number of hydrogen-bond acceptors (Lipinski definition) is 4. The van der Waals surface area contributed by atoms with Gasteiger partial charge in [-0.15, -0.1) is 0 Å². The van der Waals surface area contributed by atoms with Crippen LogP contribution in [0.1, 0.15) is 30.5 Å². The van der Waals surface area contributed by atoms with E-state index in [0.29, 0.717) is 6.54 Å². The van der Waals surface area contributed by atoms with Gasteiger partial charge in [0.15, 0.2) is 0 Å². The molecule has 0 spiro atoms. The topological polar surface area (TPSA) is 89.7 Å². The first-order chi connectivity index (χ1) is 17.8. The molecule has 0 aliphatic carbocycles. The lowest BCUT2D eigenvalue weighted by Gasteiger charge is -2.38. The molecule has 3 aromatic rings. The Morgan fingerprint density at radius 3 is 1.70 bits per heavy atom. The minimum atomic E-state index is -1.09. The number of nitrogens with zero attached hydrogens (tertiary/aromatic N) is 2. The highest BCUT2D eigenvalue weighted by Crippen LogP contribution is 2.48. The van der Waals surface area contributed by atoms with Crippen molar-refractivity contribution in [3.63, 3.8) is 0 Å². The summed E-state index contributed by atoms with van der Waals surface area (Å²) in [7, 11) is 1.58. The Morgan fingerprint density at radius 1 is 0.892 bits per heavy atom. The molecule has 7 nitrogen and oxygen atoms in total. The summed E-state index contributed by atoms with van der Waals surface area (Å²) < 4.78 is 0. The average Bonchev–Trinajstić information content (AvgIpc) is 3.70. The third-order valence-corrected chi connectivity index (χ3v) is 6.91. The zero-order valence-corrected chi connectivity index (χ0v) is 21.4. The second kappa shape index (κ2) is 11.0. The maximum absolute atomic E-state index is 13.5. The molecule has 0 bridgehead atoms. The van der Waals surface area contributed by atoms with Crippen molar-refractivity contribution in [3.8, 4) is 0 Å². The summed E-state index contributed by atoms with van der Waals surface area (Å²) in [6.45, 7) is 3.76. The van der Waals surface area contributed by atoms with Gasteiger partial charge in [0.1, 0.15) is 12.1 Å². The Labute approximate surface area is 217 Å². The highest BCUT2D eigenvalue weighted by molar-refractivity contribution is 5.91. The second-order valence-electron chi connectivity index (χ2n) is 9.80. The van der Waals surface area contributed by atoms with Crippen LogP contribution in [0.3, 0.4) is 0 Å². The lowest BCUT2D eigenvalue weighted by molar-refractivity contribution is -0.143. The van der Waals surface area contributed by atoms with Crippen molar-refractivity contribution in [1.29, 1.82) is 0 Å². The molecule has 0 radical (unpaired) electrons. The van der Waals surface area contributed by atoms with E-state index in [1.165, 1.54) is 4.90 Å². The maximum Gasteiger partial charge on any atom is 0.326 e. The van der Waals surface area contributed by atoms with E-state index in [1.54, 1.807) is 20.9 Å². The Morgan fingerprint density at radius 2 is 1.32 bits per heavy atom. The van der Waals surface area contributed by atoms with Crippen molar-refractivity contribution >= 4 is 17.8 Å². The number of carbonyl (C=O) groups is 3. The van der Waals surface area contributed by atoms with Gasteiger partial charge >= 0.3 is 5.97 Å². The molecule has 2 N–H and O–H groups in total. The number of nitrogens with one attached hydrogen (secondary N) is 1. The molecule has 1 aliphatic heterocycles. The minimum absolute atomic E-state index is 0.182. The monoisotopic (exact) mass is 499 g/mol. The highest BCUT2D eigenvalue weighted by Gasteiger charge is 2.56. The van der Waals surface area contributed by atoms with Crippen LogP contribution in [0.15, 0.2) is 91.0 Å². The highest BCUT2D eigenvalue weighted by atomic mass is 16.4. The van der Waals surface area contributed by atoms with E-state index in [9.17, 15) is 19.5 Å². The standard InChI is InChI=1S/C30H33N3O4/c1-21(2)27(29(36)37)31-26(34)20-32(3)28(35)25-19-33(25)30(22-13-7-4-8-14-22,23-15-9-5-10-16-23)24-17-11-6-12-18-24/h4-18,21,25,27H,19-20H2,1-3H3,(H,31,34)(H,36,37)/t25?,27-,33+/m0/s1. The van der Waals surface area contributed by atoms with E-state index in [2.05, 4.69) is 46.6 Å². The quantitative estimate of drug-likeness (QED) is 0.330. The van der Waals surface area contributed by atoms with E-state index < -0.39 is 29.5 Å². The first-order valence-corrected chi connectivity index (χ1v) is 12.5. The molecule has 1 unspecified atom stereocenters. The van der Waals surface area contributed by atoms with Gasteiger partial charge in [0.2, 0.25) is 11.8 Å². The molecule has 4 rings (SSSR count). The summed E-state index contributed by atoms with van der Waals surface area (Å²) >= 11 is 0. The second-order valence-corrected chi connectivity index (χ2v) is 9.80. The number of carboxylic acids is 1. The van der Waals surface area contributed by atoms with Gasteiger partial charge in [0.05, 0.1) is 12.1 Å². The van der Waals surface area contributed by atoms with E-state index in [1.807, 2.05) is 54.6 Å². The molecule has 1 fully saturated rings. The first-order valence-electron chi connectivity index (χ1n) is 12.5. The summed E-state index contributed by atoms with van der Waals surface area (Å²) in [4.78, 5) is 41.1. The van der Waals surface area contributed by atoms with Crippen LogP contribution >= 0.6 is 0 Å². The van der Waals surface area contributed by atoms with Crippen LogP contribution in [0.2, 0.25) is 0 Å². The van der Waals surface area contributed by atoms with Crippen LogP contribution in [-0.2, 0) is 19.9 Å². The van der Waals surface area contributed by atoms with Gasteiger partial charge in [-0.1, -0.05) is 105 Å². The predicted octanol–water partition coefficient (Wildman–Crippen LogP) is 3.35. The molecule has 1 heterocycles. The SMILES string of the molecule is CC(C)[C@H](NC(=O)CN(C)C(=O)C1C[N@@]1C(c1ccccc1)(c1ccccc1)c1ccccc1)C(=O)O. The van der Waals surface area contributed by atoms with Crippen LogP contribution < -0.4 is 5.32 Å². The number of carbonyl (C=O) groups excluding carboxylic acids is 2. The van der Waals surface area contributed by atoms with E-state index in [4.69, 9.17) is 0 Å². The number of benzene rings is 3. The smallest absolute Gasteiger partial charge is 0.326 e. The number of aliphatic carboxylic acids is 1. The van der Waals surface area contributed by atoms with Gasteiger partial charge in [0, 0.05) is 13.6 Å². The van der Waals surface area contributed by atoms with Gasteiger partial charge < -0.3 is 15.3 Å². The number of carboxylic acid groups (broad SMARTS) is 1. The van der Waals surface area contributed by atoms with Crippen LogP contribution in [0.25, 0.3) is 0 Å². The van der Waals surface area contributed by atoms with Crippen LogP contribution in [-0.4, -0.2) is 64.9 Å². The van der Waals surface area contributed by atoms with Crippen molar-refractivity contribution in [2.75, 3.05) is 20.1 Å². The summed E-state index contributed by atoms with van der Waals surface area (Å²) in [5, 5.41) is 11.9. The summed E-state index contributed by atoms with van der Waals surface area (Å²) in [5.41, 5.74) is 2.44. The van der Waals surface area contributed by atoms with Gasteiger partial charge in [-0.3, -0.25) is 14.5 Å². The van der Waals surface area contributed by atoms with Gasteiger partial charge in [0.25, 0.3) is 0 Å². The zero-order valence-electron chi connectivity index (χ0n) is 21.4. The molecule has 1 saturated heterocycles. The van der Waals surface area contributed by atoms with Crippen molar-refractivity contribution < 1.29 is 19.5 Å². The van der Waals surface area contributed by atoms with Crippen molar-refractivity contribution in [2.45, 2.75) is 31.5 Å². The summed E-state index contributed by atoms with van der Waals surface area (Å²) in [6.07, 6.45) is 0. The average molecular weight is 500 g/mol. The van der Waals surface area contributed by atoms with Gasteiger partial charge in [-0.25, -0.2) is 4.79 Å². The van der Waals surface area contributed by atoms with E-state index in [-0.39, 0.29) is 18.4 Å². The van der Waals surface area contributed by atoms with Crippen LogP contribution in [0, 0.1) is 5.92 Å². The molecular weight excluding hydrogens is 466 g/mol. The molecule has 192 valence electrons. The van der Waals surface area contributed by atoms with Crippen molar-refractivity contribution in [1.82, 2.24) is 15.1 Å². The van der Waals surface area contributed by atoms with Gasteiger partial charge in [-0.05, 0) is 22.6 Å². The van der Waals surface area contributed by atoms with Crippen molar-refractivity contribution in [2.24, 2.45) is 5.92 Å². The molecule has 7 heteroatoms. The fraction of sp³-hybridized carbons (Fsp3) is 0.300. The largest absolute Gasteiger partial charge is 0.480 e. The third-order valence-electron chi connectivity index (χ3n) is 6.91. The number of rotatable bonds is 10. The number of likely N-dealkylation sites (N-methyl/N-ethyl adjacent to an activating group) is 1. The number of hydrogen-bond donors (Lipinski definition) is 2. The molecular formula is C30H33N3O4. The molecule has 0 aromatic heterocycles. The summed E-state index contributed by atoms with van der Waals surface area (Å²) in [6, 6.07) is 29.0. The third kappa shape index (κ3) is 5.27. The Balaban J connectivity index is 1.64. The zero-order chi connectivity index (χ0) is 26.6. The maximum atomic E-state index is 13.5. The fourth-order valence-electron chi connectivity index (χ4n) is 5.04. The van der Waals surface area contributed by atoms with E-state index in [0.717, 1.165) is 16.7 Å². The molecule has 3 aromatic carbocycles. The fourth-order valence-corrected chi connectivity index (χ4v) is 5.04. The lowest BCUT2D eigenvalue weighted by Crippen LogP contribution is -2.49. The van der Waals surface area contributed by atoms with Gasteiger partial charge in [-0.2, -0.15) is 0 Å². The normalized spacial score (nSPS) is 17.6. The number of amides is 2. The van der Waals surface area contributed by atoms with Crippen molar-refractivity contribution in [3.05, 3.63) is 108 Å². The Hall–Kier alpha value is -3.97. The Kier molecular flexibility index (Phi) is 7.74. The lowest BCUT2D eigenvalue weighted by atomic mass is 9.76.